The molecule has 1 saturated heterocycles. The number of rotatable bonds is 6. The molecule has 1 aliphatic carbocycles. The van der Waals surface area contributed by atoms with E-state index in [2.05, 4.69) is 17.6 Å². The second kappa shape index (κ2) is 9.69. The molecule has 2 N–H and O–H groups in total. The summed E-state index contributed by atoms with van der Waals surface area (Å²) in [4.78, 5) is 25.8. The fourth-order valence-corrected chi connectivity index (χ4v) is 4.72. The van der Waals surface area contributed by atoms with Crippen molar-refractivity contribution in [2.24, 2.45) is 0 Å². The average Bonchev–Trinajstić information content (AvgIpc) is 3.27. The number of benzene rings is 2. The molecule has 0 bridgehead atoms. The summed E-state index contributed by atoms with van der Waals surface area (Å²) in [6.07, 6.45) is 3.16. The topological polar surface area (TPSA) is 70.7 Å². The van der Waals surface area contributed by atoms with E-state index in [0.717, 1.165) is 24.8 Å². The number of carbonyl (C=O) groups is 2. The largest absolute Gasteiger partial charge is 0.494 e. The van der Waals surface area contributed by atoms with Gasteiger partial charge in [0, 0.05) is 30.7 Å². The van der Waals surface area contributed by atoms with Gasteiger partial charge in [0.1, 0.15) is 0 Å². The molecule has 3 atom stereocenters. The minimum absolute atomic E-state index is 0.0926. The number of hydrogen-bond donors (Lipinski definition) is 2. The number of nitrogens with zero attached hydrogens (tertiary/aromatic N) is 1. The SMILES string of the molecule is COc1cc([C@@H](C)NC2CC[C@@H](c3ccc(C(=O)N4CCNC(=O)C4)cc3)C2)ccc1F. The third kappa shape index (κ3) is 4.93. The van der Waals surface area contributed by atoms with Crippen LogP contribution in [0.1, 0.15) is 59.6 Å². The molecule has 1 saturated carbocycles. The van der Waals surface area contributed by atoms with Crippen LogP contribution in [0.25, 0.3) is 0 Å². The van der Waals surface area contributed by atoms with Gasteiger partial charge < -0.3 is 20.3 Å². The Labute approximate surface area is 188 Å². The molecule has 2 fully saturated rings. The maximum absolute atomic E-state index is 13.7. The molecule has 0 radical (unpaired) electrons. The highest BCUT2D eigenvalue weighted by molar-refractivity contribution is 5.97. The van der Waals surface area contributed by atoms with E-state index in [1.165, 1.54) is 18.7 Å². The molecular weight excluding hydrogens is 409 g/mol. The van der Waals surface area contributed by atoms with Crippen LogP contribution in [0.15, 0.2) is 42.5 Å². The fourth-order valence-electron chi connectivity index (χ4n) is 4.72. The molecule has 6 nitrogen and oxygen atoms in total. The summed E-state index contributed by atoms with van der Waals surface area (Å²) in [7, 11) is 1.48. The first-order valence-corrected chi connectivity index (χ1v) is 11.2. The summed E-state index contributed by atoms with van der Waals surface area (Å²) >= 11 is 0. The lowest BCUT2D eigenvalue weighted by Gasteiger charge is -2.26. The first-order valence-electron chi connectivity index (χ1n) is 11.2. The molecular formula is C25H30FN3O3. The zero-order chi connectivity index (χ0) is 22.7. The van der Waals surface area contributed by atoms with E-state index < -0.39 is 0 Å². The van der Waals surface area contributed by atoms with E-state index in [4.69, 9.17) is 4.74 Å². The van der Waals surface area contributed by atoms with Crippen LogP contribution in [0.2, 0.25) is 0 Å². The van der Waals surface area contributed by atoms with Gasteiger partial charge in [-0.2, -0.15) is 0 Å². The van der Waals surface area contributed by atoms with Crippen molar-refractivity contribution in [3.63, 3.8) is 0 Å². The summed E-state index contributed by atoms with van der Waals surface area (Å²) in [5.74, 6) is 0.141. The molecule has 2 aromatic carbocycles. The fraction of sp³-hybridized carbons (Fsp3) is 0.440. The molecule has 2 aromatic rings. The van der Waals surface area contributed by atoms with Crippen molar-refractivity contribution < 1.29 is 18.7 Å². The van der Waals surface area contributed by atoms with Gasteiger partial charge in [-0.25, -0.2) is 4.39 Å². The minimum atomic E-state index is -0.352. The van der Waals surface area contributed by atoms with Gasteiger partial charge in [0.2, 0.25) is 5.91 Å². The standard InChI is InChI=1S/C25H30FN3O3/c1-16(19-8-10-22(26)23(14-19)32-2)28-21-9-7-20(13-21)17-3-5-18(6-4-17)25(31)29-12-11-27-24(30)15-29/h3-6,8,10,14,16,20-21,28H,7,9,11-13,15H2,1-2H3,(H,27,30)/t16-,20-,21?/m1/s1. The highest BCUT2D eigenvalue weighted by Gasteiger charge is 2.28. The van der Waals surface area contributed by atoms with E-state index in [-0.39, 0.29) is 36.0 Å². The van der Waals surface area contributed by atoms with Gasteiger partial charge >= 0.3 is 0 Å². The van der Waals surface area contributed by atoms with Crippen molar-refractivity contribution in [1.29, 1.82) is 0 Å². The molecule has 1 aliphatic heterocycles. The Bertz CT molecular complexity index is 979. The summed E-state index contributed by atoms with van der Waals surface area (Å²) in [5, 5.41) is 6.40. The first kappa shape index (κ1) is 22.3. The first-order chi connectivity index (χ1) is 15.4. The Morgan fingerprint density at radius 3 is 2.72 bits per heavy atom. The molecule has 4 rings (SSSR count). The maximum atomic E-state index is 13.7. The number of methoxy groups -OCH3 is 1. The molecule has 1 unspecified atom stereocenters. The second-order valence-electron chi connectivity index (χ2n) is 8.69. The minimum Gasteiger partial charge on any atom is -0.494 e. The van der Waals surface area contributed by atoms with Crippen molar-refractivity contribution in [2.75, 3.05) is 26.7 Å². The van der Waals surface area contributed by atoms with Gasteiger partial charge in [-0.15, -0.1) is 0 Å². The Hall–Kier alpha value is -2.93. The smallest absolute Gasteiger partial charge is 0.254 e. The van der Waals surface area contributed by atoms with Crippen molar-refractivity contribution in [3.8, 4) is 5.75 Å². The maximum Gasteiger partial charge on any atom is 0.254 e. The number of nitrogens with one attached hydrogen (secondary N) is 2. The van der Waals surface area contributed by atoms with E-state index in [1.807, 2.05) is 24.3 Å². The van der Waals surface area contributed by atoms with Crippen LogP contribution in [0, 0.1) is 5.82 Å². The van der Waals surface area contributed by atoms with Gasteiger partial charge in [-0.05, 0) is 67.5 Å². The molecule has 0 spiro atoms. The van der Waals surface area contributed by atoms with Crippen LogP contribution >= 0.6 is 0 Å². The van der Waals surface area contributed by atoms with E-state index >= 15 is 0 Å². The number of halogens is 1. The Morgan fingerprint density at radius 2 is 2.00 bits per heavy atom. The number of hydrogen-bond acceptors (Lipinski definition) is 4. The molecule has 170 valence electrons. The Kier molecular flexibility index (Phi) is 6.74. The van der Waals surface area contributed by atoms with Crippen molar-refractivity contribution >= 4 is 11.8 Å². The average molecular weight is 440 g/mol. The van der Waals surface area contributed by atoms with Crippen molar-refractivity contribution in [2.45, 2.75) is 44.2 Å². The summed E-state index contributed by atoms with van der Waals surface area (Å²) < 4.78 is 18.8. The zero-order valence-electron chi connectivity index (χ0n) is 18.6. The van der Waals surface area contributed by atoms with E-state index in [0.29, 0.717) is 30.6 Å². The van der Waals surface area contributed by atoms with Crippen LogP contribution in [-0.4, -0.2) is 49.5 Å². The van der Waals surface area contributed by atoms with Gasteiger partial charge in [-0.1, -0.05) is 18.2 Å². The molecule has 2 amide bonds. The van der Waals surface area contributed by atoms with Crippen LogP contribution in [-0.2, 0) is 4.79 Å². The third-order valence-electron chi connectivity index (χ3n) is 6.55. The Morgan fingerprint density at radius 1 is 1.22 bits per heavy atom. The molecule has 7 heteroatoms. The predicted molar refractivity (Wildman–Crippen MR) is 120 cm³/mol. The number of ether oxygens (including phenoxy) is 1. The number of piperazine rings is 1. The van der Waals surface area contributed by atoms with Crippen molar-refractivity contribution in [3.05, 3.63) is 65.0 Å². The predicted octanol–water partition coefficient (Wildman–Crippen LogP) is 3.39. The summed E-state index contributed by atoms with van der Waals surface area (Å²) in [5.41, 5.74) is 2.86. The summed E-state index contributed by atoms with van der Waals surface area (Å²) in [6.45, 7) is 3.25. The lowest BCUT2D eigenvalue weighted by Crippen LogP contribution is -2.49. The van der Waals surface area contributed by atoms with Gasteiger partial charge in [-0.3, -0.25) is 9.59 Å². The quantitative estimate of drug-likeness (QED) is 0.724. The van der Waals surface area contributed by atoms with Crippen LogP contribution in [0.3, 0.4) is 0 Å². The highest BCUT2D eigenvalue weighted by Crippen LogP contribution is 2.36. The van der Waals surface area contributed by atoms with Crippen LogP contribution < -0.4 is 15.4 Å². The van der Waals surface area contributed by atoms with Crippen LogP contribution in [0.5, 0.6) is 5.75 Å². The normalized spacial score (nSPS) is 21.8. The molecule has 0 aromatic heterocycles. The molecule has 32 heavy (non-hydrogen) atoms. The molecule has 1 heterocycles. The third-order valence-corrected chi connectivity index (χ3v) is 6.55. The van der Waals surface area contributed by atoms with E-state index in [1.54, 1.807) is 17.0 Å². The van der Waals surface area contributed by atoms with Gasteiger partial charge in [0.15, 0.2) is 11.6 Å². The number of amides is 2. The summed E-state index contributed by atoms with van der Waals surface area (Å²) in [6, 6.07) is 13.3. The molecule has 2 aliphatic rings. The van der Waals surface area contributed by atoms with Gasteiger partial charge in [0.25, 0.3) is 5.91 Å². The van der Waals surface area contributed by atoms with Crippen LogP contribution in [0.4, 0.5) is 4.39 Å². The Balaban J connectivity index is 1.34. The van der Waals surface area contributed by atoms with Crippen molar-refractivity contribution in [1.82, 2.24) is 15.5 Å². The zero-order valence-corrected chi connectivity index (χ0v) is 18.6. The monoisotopic (exact) mass is 439 g/mol. The number of carbonyl (C=O) groups excluding carboxylic acids is 2. The lowest BCUT2D eigenvalue weighted by molar-refractivity contribution is -0.123. The highest BCUT2D eigenvalue weighted by atomic mass is 19.1. The second-order valence-corrected chi connectivity index (χ2v) is 8.69. The van der Waals surface area contributed by atoms with E-state index in [9.17, 15) is 14.0 Å². The van der Waals surface area contributed by atoms with Gasteiger partial charge in [0.05, 0.1) is 13.7 Å². The lowest BCUT2D eigenvalue weighted by atomic mass is 9.96.